The van der Waals surface area contributed by atoms with Crippen molar-refractivity contribution in [3.8, 4) is 0 Å². The number of halogens is 4. The molecule has 3 rings (SSSR count). The van der Waals surface area contributed by atoms with Crippen LogP contribution in [0.5, 0.6) is 0 Å². The van der Waals surface area contributed by atoms with Gasteiger partial charge in [-0.05, 0) is 25.0 Å². The molecule has 1 unspecified atom stereocenters. The van der Waals surface area contributed by atoms with E-state index >= 15 is 0 Å². The molecule has 0 aliphatic heterocycles. The Morgan fingerprint density at radius 2 is 1.70 bits per heavy atom. The lowest BCUT2D eigenvalue weighted by atomic mass is 9.88. The Morgan fingerprint density at radius 3 is 2.35 bits per heavy atom. The molecule has 108 valence electrons. The molecule has 1 aromatic heterocycles. The van der Waals surface area contributed by atoms with Crippen LogP contribution in [0.1, 0.15) is 42.9 Å². The summed E-state index contributed by atoms with van der Waals surface area (Å²) in [6, 6.07) is 5.41. The third-order valence-corrected chi connectivity index (χ3v) is 6.15. The Balaban J connectivity index is 2.19. The van der Waals surface area contributed by atoms with Gasteiger partial charge < -0.3 is 0 Å². The Bertz CT molecular complexity index is 621. The molecule has 1 saturated carbocycles. The van der Waals surface area contributed by atoms with E-state index in [-0.39, 0.29) is 10.6 Å². The molecular weight excluding hydrogens is 288 g/mol. The summed E-state index contributed by atoms with van der Waals surface area (Å²) in [5.41, 5.74) is -4.32. The van der Waals surface area contributed by atoms with Crippen LogP contribution < -0.4 is 0 Å². The molecule has 1 aliphatic carbocycles. The predicted molar refractivity (Wildman–Crippen MR) is 73.5 cm³/mol. The van der Waals surface area contributed by atoms with Gasteiger partial charge in [0.15, 0.2) is 9.58 Å². The van der Waals surface area contributed by atoms with E-state index in [1.165, 1.54) is 12.1 Å². The van der Waals surface area contributed by atoms with E-state index < -0.39 is 21.8 Å². The Morgan fingerprint density at radius 1 is 1.00 bits per heavy atom. The zero-order valence-electron chi connectivity index (χ0n) is 10.8. The van der Waals surface area contributed by atoms with Crippen molar-refractivity contribution in [2.75, 3.05) is 0 Å². The number of benzene rings is 1. The van der Waals surface area contributed by atoms with E-state index in [9.17, 15) is 17.6 Å². The number of alkyl halides is 3. The molecule has 2 aromatic rings. The van der Waals surface area contributed by atoms with Crippen LogP contribution in [0.25, 0.3) is 10.1 Å². The monoisotopic (exact) mass is 303 g/mol. The van der Waals surface area contributed by atoms with Crippen LogP contribution in [-0.2, 0) is 5.51 Å². The van der Waals surface area contributed by atoms with Crippen LogP contribution in [0.15, 0.2) is 24.3 Å². The van der Waals surface area contributed by atoms with Crippen molar-refractivity contribution in [2.45, 2.75) is 43.5 Å². The molecule has 0 radical (unpaired) electrons. The van der Waals surface area contributed by atoms with Gasteiger partial charge in [0.2, 0.25) is 0 Å². The highest BCUT2D eigenvalue weighted by Gasteiger charge is 2.49. The van der Waals surface area contributed by atoms with Crippen molar-refractivity contribution in [2.24, 2.45) is 0 Å². The summed E-state index contributed by atoms with van der Waals surface area (Å²) in [6.45, 7) is 0. The largest absolute Gasteiger partial charge is 0.600 e. The first-order chi connectivity index (χ1) is 9.47. The molecule has 1 fully saturated rings. The van der Waals surface area contributed by atoms with Crippen LogP contribution in [0.2, 0.25) is 0 Å². The second kappa shape index (κ2) is 5.02. The average molecular weight is 303 g/mol. The van der Waals surface area contributed by atoms with Gasteiger partial charge in [-0.25, -0.2) is 4.39 Å². The van der Waals surface area contributed by atoms with E-state index in [0.717, 1.165) is 38.2 Å². The molecule has 0 N–H and O–H groups in total. The molecule has 0 bridgehead atoms. The van der Waals surface area contributed by atoms with E-state index in [1.807, 2.05) is 0 Å². The van der Waals surface area contributed by atoms with Crippen molar-refractivity contribution in [1.82, 2.24) is 0 Å². The van der Waals surface area contributed by atoms with E-state index in [1.54, 1.807) is 6.07 Å². The fraction of sp³-hybridized carbons (Fsp3) is 0.467. The van der Waals surface area contributed by atoms with Gasteiger partial charge in [0.05, 0.1) is 10.5 Å². The molecular formula is C15H15F4S+. The smallest absolute Gasteiger partial charge is 0.207 e. The highest BCUT2D eigenvalue weighted by atomic mass is 32.2. The molecule has 20 heavy (non-hydrogen) atoms. The molecule has 1 aliphatic rings. The highest BCUT2D eigenvalue weighted by molar-refractivity contribution is 7.38. The number of fused-ring (bicyclic) bond motifs is 1. The van der Waals surface area contributed by atoms with E-state index in [4.69, 9.17) is 0 Å². The second-order valence-electron chi connectivity index (χ2n) is 5.32. The first-order valence-electron chi connectivity index (χ1n) is 6.79. The molecule has 0 nitrogen and oxygen atoms in total. The van der Waals surface area contributed by atoms with Gasteiger partial charge in [-0.15, -0.1) is 13.2 Å². The average Bonchev–Trinajstić information content (AvgIpc) is 2.78. The maximum atomic E-state index is 13.4. The Kier molecular flexibility index (Phi) is 3.48. The summed E-state index contributed by atoms with van der Waals surface area (Å²) >= 11 is 0. The highest BCUT2D eigenvalue weighted by Crippen LogP contribution is 2.55. The minimum Gasteiger partial charge on any atom is -0.207 e. The lowest BCUT2D eigenvalue weighted by molar-refractivity contribution is -0.0868. The minimum atomic E-state index is -4.32. The standard InChI is InChI=1S/C15H15F4S/c16-12-7-6-11-8-13(10-4-2-1-3-5-10)20(14(11)9-12)15(17,18)19/h6-10H,1-5H2/q+1. The molecule has 0 amide bonds. The van der Waals surface area contributed by atoms with Gasteiger partial charge >= 0.3 is 5.51 Å². The lowest BCUT2D eigenvalue weighted by Crippen LogP contribution is -2.06. The lowest BCUT2D eigenvalue weighted by Gasteiger charge is -2.18. The van der Waals surface area contributed by atoms with Crippen molar-refractivity contribution >= 4 is 20.6 Å². The normalized spacial score (nSPS) is 18.7. The summed E-state index contributed by atoms with van der Waals surface area (Å²) < 4.78 is 53.7. The molecule has 0 spiro atoms. The molecule has 1 heterocycles. The third-order valence-electron chi connectivity index (χ3n) is 3.97. The van der Waals surface area contributed by atoms with Gasteiger partial charge in [0, 0.05) is 23.4 Å². The van der Waals surface area contributed by atoms with Crippen molar-refractivity contribution in [1.29, 1.82) is 0 Å². The zero-order chi connectivity index (χ0) is 14.3. The quantitative estimate of drug-likeness (QED) is 0.431. The van der Waals surface area contributed by atoms with Crippen LogP contribution >= 0.6 is 10.5 Å². The number of thiophene rings is 1. The predicted octanol–water partition coefficient (Wildman–Crippen LogP) is 6.25. The summed E-state index contributed by atoms with van der Waals surface area (Å²) in [4.78, 5) is 0.470. The molecule has 0 saturated heterocycles. The summed E-state index contributed by atoms with van der Waals surface area (Å²) in [7, 11) is -1.94. The number of hydrogen-bond acceptors (Lipinski definition) is 0. The topological polar surface area (TPSA) is 0 Å². The fourth-order valence-corrected chi connectivity index (χ4v) is 5.25. The van der Waals surface area contributed by atoms with Crippen LogP contribution in [0.4, 0.5) is 17.6 Å². The maximum Gasteiger partial charge on any atom is 0.600 e. The van der Waals surface area contributed by atoms with E-state index in [2.05, 4.69) is 0 Å². The maximum absolute atomic E-state index is 13.4. The van der Waals surface area contributed by atoms with Crippen molar-refractivity contribution in [3.63, 3.8) is 0 Å². The van der Waals surface area contributed by atoms with Crippen molar-refractivity contribution in [3.05, 3.63) is 35.0 Å². The molecule has 1 atom stereocenters. The summed E-state index contributed by atoms with van der Waals surface area (Å²) in [6.07, 6.45) is 4.72. The first-order valence-corrected chi connectivity index (χ1v) is 8.01. The van der Waals surface area contributed by atoms with Crippen LogP contribution in [0, 0.1) is 5.82 Å². The van der Waals surface area contributed by atoms with Crippen molar-refractivity contribution < 1.29 is 17.6 Å². The Labute approximate surface area is 117 Å². The van der Waals surface area contributed by atoms with E-state index in [0.29, 0.717) is 10.3 Å². The molecule has 1 aromatic carbocycles. The first kappa shape index (κ1) is 13.9. The summed E-state index contributed by atoms with van der Waals surface area (Å²) in [5.74, 6) is -0.590. The number of rotatable bonds is 1. The van der Waals surface area contributed by atoms with Gasteiger partial charge in [-0.1, -0.05) is 19.3 Å². The Hall–Kier alpha value is -1.10. The van der Waals surface area contributed by atoms with Gasteiger partial charge in [0.1, 0.15) is 5.82 Å². The number of hydrogen-bond donors (Lipinski definition) is 0. The molecule has 5 heteroatoms. The van der Waals surface area contributed by atoms with Crippen LogP contribution in [0.3, 0.4) is 0 Å². The minimum absolute atomic E-state index is 0.00386. The third kappa shape index (κ3) is 2.43. The second-order valence-corrected chi connectivity index (χ2v) is 7.30. The summed E-state index contributed by atoms with van der Waals surface area (Å²) in [5, 5.41) is 0.535. The van der Waals surface area contributed by atoms with Gasteiger partial charge in [-0.2, -0.15) is 0 Å². The van der Waals surface area contributed by atoms with Gasteiger partial charge in [-0.3, -0.25) is 0 Å². The zero-order valence-corrected chi connectivity index (χ0v) is 11.7. The fourth-order valence-electron chi connectivity index (χ4n) is 3.07. The van der Waals surface area contributed by atoms with Crippen LogP contribution in [-0.4, -0.2) is 0 Å². The van der Waals surface area contributed by atoms with Gasteiger partial charge in [0.25, 0.3) is 0 Å². The SMILES string of the molecule is Fc1ccc2cc(C3CCCCC3)[s+](C(F)(F)F)c2c1.